The van der Waals surface area contributed by atoms with Crippen molar-refractivity contribution >= 4 is 18.6 Å². The number of benzene rings is 2. The van der Waals surface area contributed by atoms with Crippen LogP contribution < -0.4 is 9.83 Å². The number of carbonyl (C=O) groups excluding carboxylic acids is 1. The molecule has 1 N–H and O–H groups in total. The van der Waals surface area contributed by atoms with E-state index in [1.54, 1.807) is 19.9 Å². The average Bonchev–Trinajstić information content (AvgIpc) is 2.89. The van der Waals surface area contributed by atoms with Crippen molar-refractivity contribution in [2.45, 2.75) is 53.2 Å². The Hall–Kier alpha value is -2.69. The fourth-order valence-corrected chi connectivity index (χ4v) is 7.71. The molecule has 3 rings (SSSR count). The van der Waals surface area contributed by atoms with Crippen LogP contribution in [0.15, 0.2) is 48.5 Å². The predicted octanol–water partition coefficient (Wildman–Crippen LogP) is 5.37. The second kappa shape index (κ2) is 12.9. The first-order valence-corrected chi connectivity index (χ1v) is 14.9. The lowest BCUT2D eigenvalue weighted by molar-refractivity contribution is -0.202. The van der Waals surface area contributed by atoms with Gasteiger partial charge in [0.2, 0.25) is 0 Å². The standard InChI is InChI=1S/C29H39N2O6P/c1-6-7-18-35-28(33)24(29(4,5)20-30)19-36-31(16-17-32)27(21(2)3)38(34)26-15-11-9-13-23(26)22-12-8-10-14-25(22)37-38/h8-15,21,24,27,32H,6-7,16-19H2,1-5H3. The molecular formula is C29H39N2O6P. The van der Waals surface area contributed by atoms with Gasteiger partial charge in [0.15, 0.2) is 0 Å². The summed E-state index contributed by atoms with van der Waals surface area (Å²) >= 11 is 0. The van der Waals surface area contributed by atoms with Crippen molar-refractivity contribution in [3.8, 4) is 22.9 Å². The van der Waals surface area contributed by atoms with Crippen LogP contribution in [0.25, 0.3) is 11.1 Å². The number of rotatable bonds is 13. The van der Waals surface area contributed by atoms with E-state index in [1.165, 1.54) is 5.06 Å². The van der Waals surface area contributed by atoms with Gasteiger partial charge in [-0.05, 0) is 43.9 Å². The smallest absolute Gasteiger partial charge is 0.312 e. The van der Waals surface area contributed by atoms with Crippen molar-refractivity contribution in [3.05, 3.63) is 48.5 Å². The van der Waals surface area contributed by atoms with Gasteiger partial charge >= 0.3 is 5.97 Å². The number of hydrogen-bond acceptors (Lipinski definition) is 8. The van der Waals surface area contributed by atoms with Gasteiger partial charge in [0, 0.05) is 12.1 Å². The number of hydrogen-bond donors (Lipinski definition) is 1. The Balaban J connectivity index is 1.98. The normalized spacial score (nSPS) is 18.2. The number of nitrogens with zero attached hydrogens (tertiary/aromatic N) is 2. The third-order valence-electron chi connectivity index (χ3n) is 6.80. The Morgan fingerprint density at radius 2 is 1.82 bits per heavy atom. The zero-order chi connectivity index (χ0) is 27.9. The van der Waals surface area contributed by atoms with Gasteiger partial charge in [-0.2, -0.15) is 10.3 Å². The molecule has 0 amide bonds. The first-order valence-electron chi connectivity index (χ1n) is 13.2. The minimum absolute atomic E-state index is 0.0323. The van der Waals surface area contributed by atoms with Gasteiger partial charge in [0.05, 0.1) is 36.6 Å². The van der Waals surface area contributed by atoms with E-state index in [4.69, 9.17) is 14.1 Å². The van der Waals surface area contributed by atoms with Crippen molar-refractivity contribution in [2.75, 3.05) is 26.4 Å². The first kappa shape index (κ1) is 29.9. The van der Waals surface area contributed by atoms with Crippen LogP contribution >= 0.6 is 7.37 Å². The SMILES string of the molecule is CCCCOC(=O)C(CON(CCO)C(C(C)C)P1(=O)Oc2ccccc2-c2ccccc21)C(C)(C)C#N. The second-order valence-corrected chi connectivity index (χ2v) is 12.8. The number of fused-ring (bicyclic) bond motifs is 3. The fourth-order valence-electron chi connectivity index (χ4n) is 4.64. The molecule has 0 aliphatic carbocycles. The van der Waals surface area contributed by atoms with Crippen molar-refractivity contribution < 1.29 is 28.6 Å². The minimum Gasteiger partial charge on any atom is -0.465 e. The van der Waals surface area contributed by atoms with Gasteiger partial charge in [0.25, 0.3) is 7.37 Å². The summed E-state index contributed by atoms with van der Waals surface area (Å²) in [7, 11) is -3.63. The van der Waals surface area contributed by atoms with E-state index < -0.39 is 30.5 Å². The summed E-state index contributed by atoms with van der Waals surface area (Å²) in [4.78, 5) is 19.1. The Labute approximate surface area is 225 Å². The quantitative estimate of drug-likeness (QED) is 0.156. The molecule has 2 aromatic carbocycles. The second-order valence-electron chi connectivity index (χ2n) is 10.4. The number of aliphatic hydroxyl groups excluding tert-OH is 1. The third kappa shape index (κ3) is 6.30. The average molecular weight is 543 g/mol. The molecule has 3 unspecified atom stereocenters. The van der Waals surface area contributed by atoms with Crippen molar-refractivity contribution in [3.63, 3.8) is 0 Å². The molecule has 1 aliphatic heterocycles. The minimum atomic E-state index is -3.63. The monoisotopic (exact) mass is 542 g/mol. The molecule has 206 valence electrons. The van der Waals surface area contributed by atoms with E-state index in [1.807, 2.05) is 63.2 Å². The first-order chi connectivity index (χ1) is 18.1. The Morgan fingerprint density at radius 1 is 1.16 bits per heavy atom. The summed E-state index contributed by atoms with van der Waals surface area (Å²) < 4.78 is 26.7. The zero-order valence-electron chi connectivity index (χ0n) is 22.9. The van der Waals surface area contributed by atoms with Crippen LogP contribution in [0.3, 0.4) is 0 Å². The third-order valence-corrected chi connectivity index (χ3v) is 9.88. The molecule has 0 saturated heterocycles. The number of nitriles is 1. The van der Waals surface area contributed by atoms with Crippen LogP contribution in [0.1, 0.15) is 47.5 Å². The molecule has 0 fully saturated rings. The van der Waals surface area contributed by atoms with Crippen molar-refractivity contribution in [2.24, 2.45) is 17.3 Å². The Bertz CT molecular complexity index is 1190. The highest BCUT2D eigenvalue weighted by Gasteiger charge is 2.48. The van der Waals surface area contributed by atoms with Gasteiger partial charge < -0.3 is 14.4 Å². The van der Waals surface area contributed by atoms with Crippen LogP contribution in [-0.2, 0) is 18.9 Å². The number of para-hydroxylation sites is 1. The summed E-state index contributed by atoms with van der Waals surface area (Å²) in [5, 5.41) is 21.7. The maximum Gasteiger partial charge on any atom is 0.312 e. The molecule has 38 heavy (non-hydrogen) atoms. The fraction of sp³-hybridized carbons (Fsp3) is 0.517. The number of hydroxylamine groups is 2. The number of carbonyl (C=O) groups is 1. The van der Waals surface area contributed by atoms with Crippen molar-refractivity contribution in [1.29, 1.82) is 5.26 Å². The number of ether oxygens (including phenoxy) is 1. The largest absolute Gasteiger partial charge is 0.465 e. The molecule has 0 aromatic heterocycles. The highest BCUT2D eigenvalue weighted by molar-refractivity contribution is 7.68. The van der Waals surface area contributed by atoms with E-state index in [-0.39, 0.29) is 32.3 Å². The van der Waals surface area contributed by atoms with Gasteiger partial charge in [-0.3, -0.25) is 14.2 Å². The predicted molar refractivity (Wildman–Crippen MR) is 147 cm³/mol. The van der Waals surface area contributed by atoms with Gasteiger partial charge in [-0.15, -0.1) is 0 Å². The summed E-state index contributed by atoms with van der Waals surface area (Å²) in [6, 6.07) is 17.1. The summed E-state index contributed by atoms with van der Waals surface area (Å²) in [6.07, 6.45) is 1.59. The van der Waals surface area contributed by atoms with Crippen LogP contribution in [0.4, 0.5) is 0 Å². The molecule has 0 spiro atoms. The highest BCUT2D eigenvalue weighted by Crippen LogP contribution is 2.60. The summed E-state index contributed by atoms with van der Waals surface area (Å²) in [6.45, 7) is 9.02. The Morgan fingerprint density at radius 3 is 2.45 bits per heavy atom. The summed E-state index contributed by atoms with van der Waals surface area (Å²) in [5.41, 5.74) is 0.617. The van der Waals surface area contributed by atoms with E-state index in [0.717, 1.165) is 24.0 Å². The van der Waals surface area contributed by atoms with E-state index in [2.05, 4.69) is 6.07 Å². The molecule has 0 saturated carbocycles. The van der Waals surface area contributed by atoms with E-state index >= 15 is 0 Å². The van der Waals surface area contributed by atoms with Crippen LogP contribution in [0.5, 0.6) is 5.75 Å². The lowest BCUT2D eigenvalue weighted by atomic mass is 9.80. The molecule has 9 heteroatoms. The topological polar surface area (TPSA) is 109 Å². The number of unbranched alkanes of at least 4 members (excludes halogenated alkanes) is 1. The van der Waals surface area contributed by atoms with Crippen molar-refractivity contribution in [1.82, 2.24) is 5.06 Å². The molecule has 0 bridgehead atoms. The zero-order valence-corrected chi connectivity index (χ0v) is 23.8. The molecule has 8 nitrogen and oxygen atoms in total. The molecule has 0 radical (unpaired) electrons. The van der Waals surface area contributed by atoms with Crippen LogP contribution in [0, 0.1) is 28.6 Å². The molecule has 1 heterocycles. The summed E-state index contributed by atoms with van der Waals surface area (Å²) in [5.74, 6) is -1.88. The highest BCUT2D eigenvalue weighted by atomic mass is 31.2. The molecule has 1 aliphatic rings. The lowest BCUT2D eigenvalue weighted by Gasteiger charge is -2.41. The molecular weight excluding hydrogens is 503 g/mol. The van der Waals surface area contributed by atoms with Crippen LogP contribution in [0.2, 0.25) is 0 Å². The lowest BCUT2D eigenvalue weighted by Crippen LogP contribution is -2.46. The van der Waals surface area contributed by atoms with Gasteiger partial charge in [-0.25, -0.2) is 0 Å². The van der Waals surface area contributed by atoms with Gasteiger partial charge in [0.1, 0.15) is 17.5 Å². The molecule has 2 aromatic rings. The van der Waals surface area contributed by atoms with E-state index in [9.17, 15) is 19.7 Å². The Kier molecular flexibility index (Phi) is 10.1. The number of aliphatic hydroxyl groups is 1. The van der Waals surface area contributed by atoms with Gasteiger partial charge in [-0.1, -0.05) is 63.6 Å². The maximum absolute atomic E-state index is 14.9. The molecule has 3 atom stereocenters. The maximum atomic E-state index is 14.9. The number of esters is 1. The van der Waals surface area contributed by atoms with E-state index in [0.29, 0.717) is 11.1 Å². The van der Waals surface area contributed by atoms with Crippen LogP contribution in [-0.4, -0.2) is 48.3 Å².